The standard InChI is InChI=1S/C8H10IN/c1-10(2)8-5-3-7(9)4-6-8/h3-6H,1-2H3. The van der Waals surface area contributed by atoms with Gasteiger partial charge >= 0.3 is 0 Å². The molecular weight excluding hydrogens is 237 g/mol. The van der Waals surface area contributed by atoms with Gasteiger partial charge in [-0.15, -0.1) is 0 Å². The Bertz CT molecular complexity index is 203. The maximum atomic E-state index is 2.30. The third-order valence-corrected chi connectivity index (χ3v) is 2.06. The van der Waals surface area contributed by atoms with Gasteiger partial charge in [0.1, 0.15) is 0 Å². The third kappa shape index (κ3) is 1.87. The van der Waals surface area contributed by atoms with Gasteiger partial charge in [0, 0.05) is 23.4 Å². The lowest BCUT2D eigenvalue weighted by atomic mass is 10.3. The van der Waals surface area contributed by atoms with Gasteiger partial charge in [0.15, 0.2) is 0 Å². The lowest BCUT2D eigenvalue weighted by molar-refractivity contribution is 1.13. The smallest absolute Gasteiger partial charge is 0.0361 e. The molecule has 0 fully saturated rings. The van der Waals surface area contributed by atoms with Crippen molar-refractivity contribution < 1.29 is 0 Å². The van der Waals surface area contributed by atoms with Crippen LogP contribution in [0.3, 0.4) is 0 Å². The van der Waals surface area contributed by atoms with Crippen LogP contribution >= 0.6 is 22.6 Å². The van der Waals surface area contributed by atoms with Crippen molar-refractivity contribution in [2.24, 2.45) is 0 Å². The average Bonchev–Trinajstić information content (AvgIpc) is 1.88. The first-order valence-corrected chi connectivity index (χ1v) is 4.21. The minimum atomic E-state index is 1.25. The van der Waals surface area contributed by atoms with Crippen LogP contribution in [0.4, 0.5) is 5.69 Å². The summed E-state index contributed by atoms with van der Waals surface area (Å²) in [5.74, 6) is 0. The van der Waals surface area contributed by atoms with Crippen LogP contribution in [0.2, 0.25) is 0 Å². The molecule has 0 aliphatic heterocycles. The molecule has 10 heavy (non-hydrogen) atoms. The van der Waals surface area contributed by atoms with E-state index < -0.39 is 0 Å². The van der Waals surface area contributed by atoms with Crippen molar-refractivity contribution in [3.63, 3.8) is 0 Å². The monoisotopic (exact) mass is 247 g/mol. The fourth-order valence-corrected chi connectivity index (χ4v) is 1.10. The van der Waals surface area contributed by atoms with Crippen LogP contribution in [0.25, 0.3) is 0 Å². The fraction of sp³-hybridized carbons (Fsp3) is 0.250. The molecule has 54 valence electrons. The maximum absolute atomic E-state index is 2.30. The van der Waals surface area contributed by atoms with E-state index in [9.17, 15) is 0 Å². The summed E-state index contributed by atoms with van der Waals surface area (Å²) in [6.45, 7) is 0. The number of hydrogen-bond acceptors (Lipinski definition) is 1. The predicted molar refractivity (Wildman–Crippen MR) is 53.5 cm³/mol. The van der Waals surface area contributed by atoms with Crippen molar-refractivity contribution in [3.8, 4) is 0 Å². The van der Waals surface area contributed by atoms with Crippen molar-refractivity contribution in [1.29, 1.82) is 0 Å². The molecule has 1 nitrogen and oxygen atoms in total. The zero-order valence-electron chi connectivity index (χ0n) is 6.13. The van der Waals surface area contributed by atoms with E-state index in [4.69, 9.17) is 0 Å². The number of hydrogen-bond donors (Lipinski definition) is 0. The van der Waals surface area contributed by atoms with Crippen molar-refractivity contribution in [2.75, 3.05) is 19.0 Å². The molecule has 2 heteroatoms. The summed E-state index contributed by atoms with van der Waals surface area (Å²) in [5, 5.41) is 0. The normalized spacial score (nSPS) is 9.50. The molecule has 0 spiro atoms. The molecule has 0 bridgehead atoms. The topological polar surface area (TPSA) is 3.24 Å². The molecule has 0 amide bonds. The van der Waals surface area contributed by atoms with Gasteiger partial charge in [-0.3, -0.25) is 0 Å². The van der Waals surface area contributed by atoms with Gasteiger partial charge in [-0.25, -0.2) is 0 Å². The van der Waals surface area contributed by atoms with Gasteiger partial charge in [0.2, 0.25) is 0 Å². The number of nitrogens with zero attached hydrogens (tertiary/aromatic N) is 1. The lowest BCUT2D eigenvalue weighted by Crippen LogP contribution is -2.07. The molecular formula is C8H10IN. The Morgan fingerprint density at radius 3 is 2.00 bits per heavy atom. The highest BCUT2D eigenvalue weighted by molar-refractivity contribution is 14.1. The van der Waals surface area contributed by atoms with E-state index in [1.807, 2.05) is 14.1 Å². The van der Waals surface area contributed by atoms with Gasteiger partial charge in [-0.2, -0.15) is 0 Å². The molecule has 0 radical (unpaired) electrons. The molecule has 0 aromatic heterocycles. The number of anilines is 1. The van der Waals surface area contributed by atoms with E-state index in [1.54, 1.807) is 0 Å². The zero-order valence-corrected chi connectivity index (χ0v) is 8.29. The Labute approximate surface area is 75.2 Å². The quantitative estimate of drug-likeness (QED) is 0.688. The second-order valence-electron chi connectivity index (χ2n) is 2.37. The first kappa shape index (κ1) is 7.85. The van der Waals surface area contributed by atoms with Crippen LogP contribution in [0, 0.1) is 3.57 Å². The highest BCUT2D eigenvalue weighted by Gasteiger charge is 1.91. The summed E-state index contributed by atoms with van der Waals surface area (Å²) >= 11 is 2.30. The second kappa shape index (κ2) is 3.23. The van der Waals surface area contributed by atoms with Crippen LogP contribution < -0.4 is 4.90 Å². The average molecular weight is 247 g/mol. The fourth-order valence-electron chi connectivity index (χ4n) is 0.739. The molecule has 0 unspecified atom stereocenters. The van der Waals surface area contributed by atoms with Gasteiger partial charge in [-0.05, 0) is 46.9 Å². The summed E-state index contributed by atoms with van der Waals surface area (Å²) in [7, 11) is 4.09. The highest BCUT2D eigenvalue weighted by atomic mass is 127. The minimum Gasteiger partial charge on any atom is -0.378 e. The van der Waals surface area contributed by atoms with E-state index in [0.717, 1.165) is 0 Å². The molecule has 0 atom stereocenters. The molecule has 0 heterocycles. The van der Waals surface area contributed by atoms with E-state index in [1.165, 1.54) is 9.26 Å². The van der Waals surface area contributed by atoms with Gasteiger partial charge in [0.25, 0.3) is 0 Å². The first-order chi connectivity index (χ1) is 4.70. The Morgan fingerprint density at radius 2 is 1.60 bits per heavy atom. The van der Waals surface area contributed by atoms with Crippen LogP contribution in [-0.4, -0.2) is 14.1 Å². The molecule has 0 aliphatic carbocycles. The molecule has 0 N–H and O–H groups in total. The van der Waals surface area contributed by atoms with E-state index in [0.29, 0.717) is 0 Å². The number of halogens is 1. The van der Waals surface area contributed by atoms with Crippen molar-refractivity contribution in [2.45, 2.75) is 0 Å². The Kier molecular flexibility index (Phi) is 2.54. The van der Waals surface area contributed by atoms with E-state index >= 15 is 0 Å². The summed E-state index contributed by atoms with van der Waals surface area (Å²) in [6.07, 6.45) is 0. The van der Waals surface area contributed by atoms with Gasteiger partial charge in [-0.1, -0.05) is 0 Å². The maximum Gasteiger partial charge on any atom is 0.0361 e. The number of benzene rings is 1. The summed E-state index contributed by atoms with van der Waals surface area (Å²) < 4.78 is 1.28. The van der Waals surface area contributed by atoms with Crippen LogP contribution in [0.5, 0.6) is 0 Å². The van der Waals surface area contributed by atoms with Crippen molar-refractivity contribution in [3.05, 3.63) is 27.8 Å². The number of rotatable bonds is 1. The third-order valence-electron chi connectivity index (χ3n) is 1.34. The van der Waals surface area contributed by atoms with Crippen LogP contribution in [0.15, 0.2) is 24.3 Å². The Morgan fingerprint density at radius 1 is 1.10 bits per heavy atom. The lowest BCUT2D eigenvalue weighted by Gasteiger charge is -2.11. The molecule has 1 aromatic rings. The largest absolute Gasteiger partial charge is 0.378 e. The van der Waals surface area contributed by atoms with Crippen LogP contribution in [-0.2, 0) is 0 Å². The van der Waals surface area contributed by atoms with E-state index in [2.05, 4.69) is 51.8 Å². The molecule has 0 saturated heterocycles. The van der Waals surface area contributed by atoms with Gasteiger partial charge < -0.3 is 4.90 Å². The van der Waals surface area contributed by atoms with Crippen molar-refractivity contribution >= 4 is 28.3 Å². The highest BCUT2D eigenvalue weighted by Crippen LogP contribution is 2.12. The zero-order chi connectivity index (χ0) is 7.56. The van der Waals surface area contributed by atoms with Crippen molar-refractivity contribution in [1.82, 2.24) is 0 Å². The molecule has 0 aliphatic rings. The predicted octanol–water partition coefficient (Wildman–Crippen LogP) is 2.36. The molecule has 1 rings (SSSR count). The Hall–Kier alpha value is -0.250. The van der Waals surface area contributed by atoms with Crippen LogP contribution in [0.1, 0.15) is 0 Å². The summed E-state index contributed by atoms with van der Waals surface area (Å²) in [4.78, 5) is 2.09. The van der Waals surface area contributed by atoms with E-state index in [-0.39, 0.29) is 0 Å². The second-order valence-corrected chi connectivity index (χ2v) is 3.62. The SMILES string of the molecule is CN(C)c1ccc(I)cc1. The summed E-state index contributed by atoms with van der Waals surface area (Å²) in [5.41, 5.74) is 1.25. The molecule has 1 aromatic carbocycles. The minimum absolute atomic E-state index is 1.25. The first-order valence-electron chi connectivity index (χ1n) is 3.13. The summed E-state index contributed by atoms with van der Waals surface area (Å²) in [6, 6.07) is 8.44. The van der Waals surface area contributed by atoms with Gasteiger partial charge in [0.05, 0.1) is 0 Å². The Balaban J connectivity index is 2.89. The molecule has 0 saturated carbocycles.